The quantitative estimate of drug-likeness (QED) is 0.281. The monoisotopic (exact) mass is 562 g/mol. The Morgan fingerprint density at radius 3 is 2.64 bits per heavy atom. The van der Waals surface area contributed by atoms with E-state index >= 15 is 0 Å². The van der Waals surface area contributed by atoms with Gasteiger partial charge in [-0.3, -0.25) is 4.79 Å². The number of aryl methyl sites for hydroxylation is 2. The molecule has 2 atom stereocenters. The molecule has 5 rings (SSSR count). The molecule has 0 bridgehead atoms. The van der Waals surface area contributed by atoms with Gasteiger partial charge in [0, 0.05) is 42.6 Å². The summed E-state index contributed by atoms with van der Waals surface area (Å²) in [6.07, 6.45) is 5.28. The molecule has 1 N–H and O–H groups in total. The average Bonchev–Trinajstić information content (AvgIpc) is 3.52. The maximum absolute atomic E-state index is 13.8. The van der Waals surface area contributed by atoms with Crippen molar-refractivity contribution in [2.45, 2.75) is 49.6 Å². The molecule has 0 aliphatic heterocycles. The molecule has 1 heterocycles. The normalized spacial score (nSPS) is 15.6. The number of sulfonamides is 1. The number of nitrogens with zero attached hydrogens (tertiary/aromatic N) is 3. The number of carbonyl (C=O) groups is 1. The number of aromatic nitrogens is 2. The van der Waals surface area contributed by atoms with Crippen molar-refractivity contribution in [1.82, 2.24) is 14.3 Å². The second-order valence-electron chi connectivity index (χ2n) is 10.0. The molecule has 1 amide bonds. The fraction of sp³-hybridized carbons (Fsp3) is 0.267. The lowest BCUT2D eigenvalue weighted by atomic mass is 9.97. The molecule has 7 nitrogen and oxygen atoms in total. The van der Waals surface area contributed by atoms with Crippen molar-refractivity contribution < 1.29 is 13.2 Å². The molecule has 39 heavy (non-hydrogen) atoms. The summed E-state index contributed by atoms with van der Waals surface area (Å²) in [6, 6.07) is 21.7. The van der Waals surface area contributed by atoms with E-state index in [9.17, 15) is 13.2 Å². The summed E-state index contributed by atoms with van der Waals surface area (Å²) < 4.78 is 31.0. The van der Waals surface area contributed by atoms with Gasteiger partial charge in [0.05, 0.1) is 11.4 Å². The SMILES string of the molecule is C[C@@H](CC(=O)N(Cc1nccn1C)c1ccc2c(c1)[C@@H](NS(=O)(=O)c1cccc(Cl)c1)CC2)c1ccccc1. The highest BCUT2D eigenvalue weighted by Gasteiger charge is 2.30. The number of halogens is 1. The summed E-state index contributed by atoms with van der Waals surface area (Å²) in [6.45, 7) is 2.36. The topological polar surface area (TPSA) is 84.3 Å². The number of carbonyl (C=O) groups excluding carboxylic acids is 1. The van der Waals surface area contributed by atoms with Gasteiger partial charge in [-0.1, -0.05) is 61.0 Å². The average molecular weight is 563 g/mol. The van der Waals surface area contributed by atoms with Crippen LogP contribution in [-0.2, 0) is 34.8 Å². The molecule has 0 saturated heterocycles. The van der Waals surface area contributed by atoms with Crippen molar-refractivity contribution >= 4 is 33.2 Å². The molecule has 1 aliphatic rings. The maximum Gasteiger partial charge on any atom is 0.241 e. The minimum Gasteiger partial charge on any atom is -0.337 e. The van der Waals surface area contributed by atoms with Crippen LogP contribution in [0.1, 0.15) is 54.2 Å². The maximum atomic E-state index is 13.8. The Labute approximate surface area is 234 Å². The van der Waals surface area contributed by atoms with Gasteiger partial charge in [0.15, 0.2) is 0 Å². The summed E-state index contributed by atoms with van der Waals surface area (Å²) in [7, 11) is -1.88. The van der Waals surface area contributed by atoms with Gasteiger partial charge in [0.2, 0.25) is 15.9 Å². The number of anilines is 1. The van der Waals surface area contributed by atoms with Gasteiger partial charge in [-0.25, -0.2) is 18.1 Å². The van der Waals surface area contributed by atoms with E-state index in [-0.39, 0.29) is 16.7 Å². The highest BCUT2D eigenvalue weighted by molar-refractivity contribution is 7.89. The minimum atomic E-state index is -3.78. The molecule has 1 aliphatic carbocycles. The van der Waals surface area contributed by atoms with Crippen molar-refractivity contribution in [1.29, 1.82) is 0 Å². The van der Waals surface area contributed by atoms with E-state index in [1.54, 1.807) is 23.2 Å². The summed E-state index contributed by atoms with van der Waals surface area (Å²) in [5.74, 6) is 0.770. The van der Waals surface area contributed by atoms with Gasteiger partial charge in [-0.15, -0.1) is 0 Å². The highest BCUT2D eigenvalue weighted by atomic mass is 35.5. The third-order valence-electron chi connectivity index (χ3n) is 7.29. The van der Waals surface area contributed by atoms with Crippen LogP contribution in [0.3, 0.4) is 0 Å². The summed E-state index contributed by atoms with van der Waals surface area (Å²) >= 11 is 6.04. The number of benzene rings is 3. The standard InChI is InChI=1S/C30H31ClN4O3S/c1-21(22-7-4-3-5-8-22)17-30(36)35(20-29-32-15-16-34(29)2)25-13-11-23-12-14-28(27(23)19-25)33-39(37,38)26-10-6-9-24(31)18-26/h3-11,13,15-16,18-19,21,28,33H,12,14,17,20H2,1-2H3/t21-,28-/m0/s1. The number of fused-ring (bicyclic) bond motifs is 1. The van der Waals surface area contributed by atoms with Gasteiger partial charge in [0.1, 0.15) is 5.82 Å². The molecule has 0 unspecified atom stereocenters. The van der Waals surface area contributed by atoms with Crippen LogP contribution in [0.4, 0.5) is 5.69 Å². The zero-order chi connectivity index (χ0) is 27.6. The number of nitrogens with one attached hydrogen (secondary N) is 1. The van der Waals surface area contributed by atoms with Crippen LogP contribution >= 0.6 is 11.6 Å². The summed E-state index contributed by atoms with van der Waals surface area (Å²) in [4.78, 5) is 20.1. The smallest absolute Gasteiger partial charge is 0.241 e. The van der Waals surface area contributed by atoms with Crippen molar-refractivity contribution in [2.75, 3.05) is 4.90 Å². The molecule has 202 valence electrons. The molecule has 0 saturated carbocycles. The van der Waals surface area contributed by atoms with Crippen LogP contribution in [0.25, 0.3) is 0 Å². The van der Waals surface area contributed by atoms with Crippen LogP contribution in [0.15, 0.2) is 90.1 Å². The molecular formula is C30H31ClN4O3S. The Morgan fingerprint density at radius 1 is 1.13 bits per heavy atom. The number of rotatable bonds is 9. The van der Waals surface area contributed by atoms with E-state index < -0.39 is 16.1 Å². The second-order valence-corrected chi connectivity index (χ2v) is 12.2. The van der Waals surface area contributed by atoms with Gasteiger partial charge in [0.25, 0.3) is 0 Å². The molecule has 0 fully saturated rings. The Hall–Kier alpha value is -3.46. The molecular weight excluding hydrogens is 532 g/mol. The fourth-order valence-corrected chi connectivity index (χ4v) is 6.61. The van der Waals surface area contributed by atoms with E-state index in [0.717, 1.165) is 34.6 Å². The van der Waals surface area contributed by atoms with Crippen LogP contribution < -0.4 is 9.62 Å². The predicted octanol–water partition coefficient (Wildman–Crippen LogP) is 5.77. The lowest BCUT2D eigenvalue weighted by Gasteiger charge is -2.26. The van der Waals surface area contributed by atoms with Crippen molar-refractivity contribution in [3.05, 3.63) is 113 Å². The highest BCUT2D eigenvalue weighted by Crippen LogP contribution is 2.36. The van der Waals surface area contributed by atoms with Crippen LogP contribution in [0.2, 0.25) is 5.02 Å². The summed E-state index contributed by atoms with van der Waals surface area (Å²) in [5, 5.41) is 0.361. The predicted molar refractivity (Wildman–Crippen MR) is 153 cm³/mol. The fourth-order valence-electron chi connectivity index (χ4n) is 5.05. The van der Waals surface area contributed by atoms with Crippen LogP contribution in [0, 0.1) is 0 Å². The number of hydrogen-bond acceptors (Lipinski definition) is 4. The molecule has 0 spiro atoms. The van der Waals surface area contributed by atoms with Crippen molar-refractivity contribution in [3.63, 3.8) is 0 Å². The zero-order valence-electron chi connectivity index (χ0n) is 21.9. The van der Waals surface area contributed by atoms with E-state index in [0.29, 0.717) is 24.4 Å². The Bertz CT molecular complexity index is 1590. The lowest BCUT2D eigenvalue weighted by Crippen LogP contribution is -2.32. The first-order chi connectivity index (χ1) is 18.7. The van der Waals surface area contributed by atoms with Crippen molar-refractivity contribution in [3.8, 4) is 0 Å². The number of imidazole rings is 1. The van der Waals surface area contributed by atoms with Gasteiger partial charge >= 0.3 is 0 Å². The first-order valence-electron chi connectivity index (χ1n) is 12.9. The summed E-state index contributed by atoms with van der Waals surface area (Å²) in [5.41, 5.74) is 3.77. The molecule has 1 aromatic heterocycles. The first kappa shape index (κ1) is 27.1. The van der Waals surface area contributed by atoms with Crippen molar-refractivity contribution in [2.24, 2.45) is 7.05 Å². The largest absolute Gasteiger partial charge is 0.337 e. The Kier molecular flexibility index (Phi) is 7.88. The van der Waals surface area contributed by atoms with Crippen LogP contribution in [0.5, 0.6) is 0 Å². The van der Waals surface area contributed by atoms with Gasteiger partial charge < -0.3 is 9.47 Å². The van der Waals surface area contributed by atoms with Gasteiger partial charge in [-0.2, -0.15) is 0 Å². The van der Waals surface area contributed by atoms with Crippen LogP contribution in [-0.4, -0.2) is 23.9 Å². The molecule has 9 heteroatoms. The Morgan fingerprint density at radius 2 is 1.92 bits per heavy atom. The molecule has 4 aromatic rings. The first-order valence-corrected chi connectivity index (χ1v) is 14.8. The zero-order valence-corrected chi connectivity index (χ0v) is 23.5. The minimum absolute atomic E-state index is 0.0247. The third kappa shape index (κ3) is 6.08. The van der Waals surface area contributed by atoms with E-state index in [2.05, 4.69) is 16.6 Å². The lowest BCUT2D eigenvalue weighted by molar-refractivity contribution is -0.119. The van der Waals surface area contributed by atoms with E-state index in [1.165, 1.54) is 12.1 Å². The number of amides is 1. The molecule has 0 radical (unpaired) electrons. The second kappa shape index (κ2) is 11.3. The number of hydrogen-bond donors (Lipinski definition) is 1. The Balaban J connectivity index is 1.44. The van der Waals surface area contributed by atoms with E-state index in [4.69, 9.17) is 11.6 Å². The van der Waals surface area contributed by atoms with Gasteiger partial charge in [-0.05, 0) is 65.8 Å². The third-order valence-corrected chi connectivity index (χ3v) is 9.00. The molecule has 3 aromatic carbocycles. The van der Waals surface area contributed by atoms with E-state index in [1.807, 2.05) is 66.3 Å².